The molecule has 0 bridgehead atoms. The highest BCUT2D eigenvalue weighted by atomic mass is 16.5. The van der Waals surface area contributed by atoms with E-state index in [-0.39, 0.29) is 6.10 Å². The molecular weight excluding hydrogens is 318 g/mol. The minimum absolute atomic E-state index is 0.188. The maximum absolute atomic E-state index is 5.87. The number of aryl methyl sites for hydroxylation is 2. The molecule has 1 aliphatic rings. The Morgan fingerprint density at radius 2 is 1.96 bits per heavy atom. The van der Waals surface area contributed by atoms with Crippen LogP contribution in [0.4, 0.5) is 5.95 Å². The van der Waals surface area contributed by atoms with Crippen molar-refractivity contribution >= 4 is 5.95 Å². The Morgan fingerprint density at radius 1 is 1.16 bits per heavy atom. The summed E-state index contributed by atoms with van der Waals surface area (Å²) in [5, 5.41) is 3.25. The third-order valence-electron chi connectivity index (χ3n) is 4.11. The van der Waals surface area contributed by atoms with E-state index in [9.17, 15) is 0 Å². The van der Waals surface area contributed by atoms with E-state index in [1.807, 2.05) is 38.1 Å². The van der Waals surface area contributed by atoms with Crippen molar-refractivity contribution in [3.8, 4) is 11.5 Å². The fourth-order valence-corrected chi connectivity index (χ4v) is 2.89. The average molecular weight is 343 g/mol. The number of anilines is 1. The van der Waals surface area contributed by atoms with Crippen LogP contribution in [0.5, 0.6) is 11.5 Å². The Labute approximate surface area is 148 Å². The number of hydrogen-bond donors (Lipinski definition) is 1. The quantitative estimate of drug-likeness (QED) is 0.832. The van der Waals surface area contributed by atoms with Crippen molar-refractivity contribution in [1.29, 1.82) is 0 Å². The molecule has 0 radical (unpaired) electrons. The average Bonchev–Trinajstić information content (AvgIpc) is 3.11. The number of nitrogens with one attached hydrogen (secondary N) is 1. The molecule has 2 aromatic rings. The Bertz CT molecular complexity index is 695. The molecule has 6 nitrogen and oxygen atoms in total. The summed E-state index contributed by atoms with van der Waals surface area (Å²) in [6, 6.07) is 7.88. The summed E-state index contributed by atoms with van der Waals surface area (Å²) < 4.78 is 16.9. The van der Waals surface area contributed by atoms with E-state index < -0.39 is 0 Å². The fourth-order valence-electron chi connectivity index (χ4n) is 2.89. The minimum Gasteiger partial charge on any atom is -0.493 e. The van der Waals surface area contributed by atoms with E-state index in [1.54, 1.807) is 7.11 Å². The second-order valence-corrected chi connectivity index (χ2v) is 6.26. The number of nitrogens with zero attached hydrogens (tertiary/aromatic N) is 2. The summed E-state index contributed by atoms with van der Waals surface area (Å²) in [6.07, 6.45) is 2.35. The molecule has 1 atom stereocenters. The zero-order valence-corrected chi connectivity index (χ0v) is 15.0. The second kappa shape index (κ2) is 8.16. The molecule has 1 N–H and O–H groups in total. The number of hydrogen-bond acceptors (Lipinski definition) is 6. The first-order chi connectivity index (χ1) is 12.1. The van der Waals surface area contributed by atoms with Crippen molar-refractivity contribution in [2.75, 3.05) is 25.6 Å². The molecule has 0 spiro atoms. The van der Waals surface area contributed by atoms with E-state index in [4.69, 9.17) is 14.2 Å². The number of aromatic nitrogens is 2. The van der Waals surface area contributed by atoms with Crippen LogP contribution in [0, 0.1) is 13.8 Å². The van der Waals surface area contributed by atoms with E-state index in [0.29, 0.717) is 19.1 Å². The monoisotopic (exact) mass is 343 g/mol. The van der Waals surface area contributed by atoms with E-state index in [2.05, 4.69) is 15.3 Å². The van der Waals surface area contributed by atoms with Gasteiger partial charge in [0.25, 0.3) is 0 Å². The van der Waals surface area contributed by atoms with Crippen LogP contribution in [-0.2, 0) is 11.3 Å². The Hall–Kier alpha value is -2.34. The largest absolute Gasteiger partial charge is 0.493 e. The van der Waals surface area contributed by atoms with E-state index in [0.717, 1.165) is 47.9 Å². The van der Waals surface area contributed by atoms with Crippen molar-refractivity contribution in [2.45, 2.75) is 39.3 Å². The van der Waals surface area contributed by atoms with Crippen molar-refractivity contribution in [3.63, 3.8) is 0 Å². The van der Waals surface area contributed by atoms with Crippen LogP contribution < -0.4 is 14.8 Å². The normalized spacial score (nSPS) is 16.7. The molecule has 1 aliphatic heterocycles. The second-order valence-electron chi connectivity index (χ2n) is 6.26. The first-order valence-corrected chi connectivity index (χ1v) is 8.61. The molecule has 1 aromatic heterocycles. The molecular formula is C19H25N3O3. The van der Waals surface area contributed by atoms with Crippen molar-refractivity contribution in [3.05, 3.63) is 41.2 Å². The molecule has 0 unspecified atom stereocenters. The summed E-state index contributed by atoms with van der Waals surface area (Å²) in [4.78, 5) is 8.78. The SMILES string of the molecule is COc1cc(CNc2nc(C)cc(C)n2)ccc1OC[C@H]1CCCO1. The Kier molecular flexibility index (Phi) is 5.71. The van der Waals surface area contributed by atoms with Crippen molar-refractivity contribution in [2.24, 2.45) is 0 Å². The fraction of sp³-hybridized carbons (Fsp3) is 0.474. The highest BCUT2D eigenvalue weighted by molar-refractivity contribution is 5.44. The third kappa shape index (κ3) is 4.82. The molecule has 0 amide bonds. The van der Waals surface area contributed by atoms with Gasteiger partial charge in [-0.25, -0.2) is 9.97 Å². The topological polar surface area (TPSA) is 65.5 Å². The van der Waals surface area contributed by atoms with Gasteiger partial charge in [0.15, 0.2) is 11.5 Å². The van der Waals surface area contributed by atoms with Gasteiger partial charge in [0.2, 0.25) is 5.95 Å². The Morgan fingerprint density at radius 3 is 2.64 bits per heavy atom. The molecule has 0 saturated carbocycles. The summed E-state index contributed by atoms with van der Waals surface area (Å²) >= 11 is 0. The molecule has 3 rings (SSSR count). The number of ether oxygens (including phenoxy) is 3. The summed E-state index contributed by atoms with van der Waals surface area (Å²) in [7, 11) is 1.65. The van der Waals surface area contributed by atoms with Crippen LogP contribution in [0.25, 0.3) is 0 Å². The molecule has 1 saturated heterocycles. The van der Waals surface area contributed by atoms with Gasteiger partial charge < -0.3 is 19.5 Å². The van der Waals surface area contributed by atoms with Crippen LogP contribution in [0.3, 0.4) is 0 Å². The zero-order chi connectivity index (χ0) is 17.6. The first-order valence-electron chi connectivity index (χ1n) is 8.61. The first kappa shape index (κ1) is 17.5. The minimum atomic E-state index is 0.188. The van der Waals surface area contributed by atoms with Crippen LogP contribution in [-0.4, -0.2) is 36.4 Å². The zero-order valence-electron chi connectivity index (χ0n) is 15.0. The van der Waals surface area contributed by atoms with Gasteiger partial charge in [-0.3, -0.25) is 0 Å². The van der Waals surface area contributed by atoms with Crippen LogP contribution in [0.2, 0.25) is 0 Å². The van der Waals surface area contributed by atoms with Gasteiger partial charge >= 0.3 is 0 Å². The highest BCUT2D eigenvalue weighted by Crippen LogP contribution is 2.29. The van der Waals surface area contributed by atoms with Crippen LogP contribution in [0.1, 0.15) is 29.8 Å². The molecule has 1 aromatic carbocycles. The van der Waals surface area contributed by atoms with Gasteiger partial charge in [0.05, 0.1) is 13.2 Å². The smallest absolute Gasteiger partial charge is 0.223 e. The predicted octanol–water partition coefficient (Wildman–Crippen LogP) is 3.27. The maximum Gasteiger partial charge on any atom is 0.223 e. The lowest BCUT2D eigenvalue weighted by atomic mass is 10.2. The van der Waals surface area contributed by atoms with Gasteiger partial charge in [0.1, 0.15) is 6.61 Å². The van der Waals surface area contributed by atoms with E-state index >= 15 is 0 Å². The lowest BCUT2D eigenvalue weighted by Crippen LogP contribution is -2.16. The molecule has 0 aliphatic carbocycles. The highest BCUT2D eigenvalue weighted by Gasteiger charge is 2.17. The summed E-state index contributed by atoms with van der Waals surface area (Å²) in [6.45, 7) is 5.93. The molecule has 134 valence electrons. The van der Waals surface area contributed by atoms with E-state index in [1.165, 1.54) is 0 Å². The van der Waals surface area contributed by atoms with Gasteiger partial charge in [-0.2, -0.15) is 0 Å². The van der Waals surface area contributed by atoms with Gasteiger partial charge in [-0.15, -0.1) is 0 Å². The molecule has 6 heteroatoms. The number of methoxy groups -OCH3 is 1. The predicted molar refractivity (Wildman–Crippen MR) is 96.3 cm³/mol. The van der Waals surface area contributed by atoms with Gasteiger partial charge in [0, 0.05) is 24.5 Å². The summed E-state index contributed by atoms with van der Waals surface area (Å²) in [5.41, 5.74) is 2.97. The number of rotatable bonds is 7. The lowest BCUT2D eigenvalue weighted by Gasteiger charge is -2.15. The maximum atomic E-state index is 5.87. The standard InChI is InChI=1S/C19H25N3O3/c1-13-9-14(2)22-19(21-13)20-11-15-6-7-17(18(10-15)23-3)25-12-16-5-4-8-24-16/h6-7,9-10,16H,4-5,8,11-12H2,1-3H3,(H,20,21,22)/t16-/m1/s1. The lowest BCUT2D eigenvalue weighted by molar-refractivity contribution is 0.0669. The van der Waals surface area contributed by atoms with Crippen LogP contribution in [0.15, 0.2) is 24.3 Å². The third-order valence-corrected chi connectivity index (χ3v) is 4.11. The molecule has 2 heterocycles. The Balaban J connectivity index is 1.62. The van der Waals surface area contributed by atoms with Gasteiger partial charge in [-0.1, -0.05) is 6.07 Å². The van der Waals surface area contributed by atoms with Crippen molar-refractivity contribution < 1.29 is 14.2 Å². The molecule has 1 fully saturated rings. The van der Waals surface area contributed by atoms with Crippen molar-refractivity contribution in [1.82, 2.24) is 9.97 Å². The molecule has 25 heavy (non-hydrogen) atoms. The van der Waals surface area contributed by atoms with Crippen LogP contribution >= 0.6 is 0 Å². The summed E-state index contributed by atoms with van der Waals surface area (Å²) in [5.74, 6) is 2.10. The van der Waals surface area contributed by atoms with Gasteiger partial charge in [-0.05, 0) is 50.5 Å². The number of benzene rings is 1.